The van der Waals surface area contributed by atoms with Crippen LogP contribution in [0.25, 0.3) is 22.8 Å². The molecular weight excluding hydrogens is 689 g/mol. The van der Waals surface area contributed by atoms with Crippen molar-refractivity contribution in [1.82, 2.24) is 35.6 Å². The number of amides is 1. The Morgan fingerprint density at radius 3 is 2.31 bits per heavy atom. The molecule has 3 aromatic heterocycles. The molecule has 6 rings (SSSR count). The molecule has 0 atom stereocenters. The molecular formula is C36H34N8O7S. The summed E-state index contributed by atoms with van der Waals surface area (Å²) < 4.78 is 52.2. The number of aromatic nitrogens is 7. The lowest BCUT2D eigenvalue weighted by Crippen LogP contribution is -2.19. The fourth-order valence-corrected chi connectivity index (χ4v) is 6.20. The lowest BCUT2D eigenvalue weighted by Gasteiger charge is -2.20. The Kier molecular flexibility index (Phi) is 10.4. The molecule has 2 N–H and O–H groups in total. The van der Waals surface area contributed by atoms with Gasteiger partial charge in [-0.25, -0.2) is 28.3 Å². The second kappa shape index (κ2) is 15.2. The van der Waals surface area contributed by atoms with Crippen LogP contribution in [0.4, 0.5) is 10.6 Å². The van der Waals surface area contributed by atoms with Crippen molar-refractivity contribution < 1.29 is 32.2 Å². The second-order valence-electron chi connectivity index (χ2n) is 12.2. The monoisotopic (exact) mass is 722 g/mol. The molecule has 0 saturated heterocycles. The van der Waals surface area contributed by atoms with E-state index in [4.69, 9.17) is 18.9 Å². The van der Waals surface area contributed by atoms with Gasteiger partial charge in [0.05, 0.1) is 12.0 Å². The van der Waals surface area contributed by atoms with Gasteiger partial charge in [0.25, 0.3) is 5.88 Å². The molecule has 3 heterocycles. The van der Waals surface area contributed by atoms with Gasteiger partial charge in [0.15, 0.2) is 23.1 Å². The van der Waals surface area contributed by atoms with E-state index in [1.54, 1.807) is 78.9 Å². The van der Waals surface area contributed by atoms with Gasteiger partial charge in [-0.3, -0.25) is 5.32 Å². The molecule has 0 fully saturated rings. The maximum absolute atomic E-state index is 14.6. The topological polar surface area (TPSA) is 193 Å². The van der Waals surface area contributed by atoms with Gasteiger partial charge in [-0.05, 0) is 63.9 Å². The van der Waals surface area contributed by atoms with Crippen molar-refractivity contribution in [2.45, 2.75) is 36.1 Å². The third kappa shape index (κ3) is 8.13. The lowest BCUT2D eigenvalue weighted by atomic mass is 9.87. The molecule has 6 aromatic rings. The van der Waals surface area contributed by atoms with Crippen molar-refractivity contribution >= 4 is 21.7 Å². The number of aromatic amines is 1. The number of H-pyrrole nitrogens is 1. The predicted molar refractivity (Wildman–Crippen MR) is 189 cm³/mol. The minimum Gasteiger partial charge on any atom is -0.493 e. The van der Waals surface area contributed by atoms with Crippen molar-refractivity contribution in [2.75, 3.05) is 25.6 Å². The first kappa shape index (κ1) is 35.4. The van der Waals surface area contributed by atoms with Crippen LogP contribution < -0.4 is 19.5 Å². The van der Waals surface area contributed by atoms with Crippen LogP contribution in [0.2, 0.25) is 0 Å². The van der Waals surface area contributed by atoms with E-state index in [9.17, 15) is 13.2 Å². The molecule has 52 heavy (non-hydrogen) atoms. The smallest absolute Gasteiger partial charge is 0.412 e. The van der Waals surface area contributed by atoms with Crippen molar-refractivity contribution in [1.29, 1.82) is 0 Å². The zero-order valence-corrected chi connectivity index (χ0v) is 29.4. The molecule has 0 aliphatic carbocycles. The highest BCUT2D eigenvalue weighted by Gasteiger charge is 2.32. The zero-order chi connectivity index (χ0) is 36.7. The third-order valence-electron chi connectivity index (χ3n) is 7.56. The highest BCUT2D eigenvalue weighted by Crippen LogP contribution is 2.42. The number of hydrogen-bond acceptors (Lipinski definition) is 13. The summed E-state index contributed by atoms with van der Waals surface area (Å²) in [6, 6.07) is 25.2. The first-order valence-corrected chi connectivity index (χ1v) is 17.4. The summed E-state index contributed by atoms with van der Waals surface area (Å²) >= 11 is 0. The van der Waals surface area contributed by atoms with Gasteiger partial charge >= 0.3 is 6.09 Å². The van der Waals surface area contributed by atoms with E-state index < -0.39 is 21.0 Å². The molecule has 0 spiro atoms. The van der Waals surface area contributed by atoms with Crippen LogP contribution in [-0.4, -0.2) is 70.4 Å². The number of hydrogen-bond donors (Lipinski definition) is 2. The van der Waals surface area contributed by atoms with Gasteiger partial charge in [-0.15, -0.1) is 5.10 Å². The van der Waals surface area contributed by atoms with Crippen molar-refractivity contribution in [3.63, 3.8) is 0 Å². The molecule has 0 unspecified atom stereocenters. The number of carbonyl (C=O) groups is 1. The summed E-state index contributed by atoms with van der Waals surface area (Å²) in [7, 11) is -2.94. The highest BCUT2D eigenvalue weighted by molar-refractivity contribution is 7.91. The minimum atomic E-state index is -4.39. The second-order valence-corrected chi connectivity index (χ2v) is 14.0. The summed E-state index contributed by atoms with van der Waals surface area (Å²) in [4.78, 5) is 25.6. The quantitative estimate of drug-likeness (QED) is 0.106. The Hall–Kier alpha value is -6.42. The molecule has 266 valence electrons. The fourth-order valence-electron chi connectivity index (χ4n) is 4.90. The zero-order valence-electron chi connectivity index (χ0n) is 28.6. The summed E-state index contributed by atoms with van der Waals surface area (Å²) in [5, 5.41) is 16.0. The van der Waals surface area contributed by atoms with Crippen LogP contribution >= 0.6 is 0 Å². The number of nitrogens with zero attached hydrogens (tertiary/aromatic N) is 6. The lowest BCUT2D eigenvalue weighted by molar-refractivity contribution is 0.135. The summed E-state index contributed by atoms with van der Waals surface area (Å²) in [5.74, 6) is 0.630. The van der Waals surface area contributed by atoms with Crippen molar-refractivity contribution in [3.05, 3.63) is 103 Å². The van der Waals surface area contributed by atoms with Gasteiger partial charge in [0, 0.05) is 17.3 Å². The minimum absolute atomic E-state index is 0.00426. The van der Waals surface area contributed by atoms with E-state index in [1.165, 1.54) is 25.4 Å². The number of carbonyl (C=O) groups excluding carboxylic acids is 1. The average molecular weight is 723 g/mol. The first-order valence-electron chi connectivity index (χ1n) is 15.9. The van der Waals surface area contributed by atoms with E-state index in [0.717, 1.165) is 5.56 Å². The SMILES string of the molecule is COc1ccccc1Oc1c(OCCOC(=O)Nc2ccccn2)nc(-c2cccc(-c3nnn[nH]3)c2)nc1S(=O)(=O)c1ccc(C(C)(C)C)cc1. The van der Waals surface area contributed by atoms with Gasteiger partial charge in [-0.2, -0.15) is 4.98 Å². The van der Waals surface area contributed by atoms with Crippen LogP contribution in [0, 0.1) is 0 Å². The number of tetrazole rings is 1. The maximum atomic E-state index is 14.6. The fraction of sp³-hybridized carbons (Fsp3) is 0.194. The maximum Gasteiger partial charge on any atom is 0.412 e. The Morgan fingerprint density at radius 2 is 1.62 bits per heavy atom. The number of pyridine rings is 1. The number of sulfone groups is 1. The van der Waals surface area contributed by atoms with E-state index in [-0.39, 0.29) is 46.7 Å². The molecule has 0 aliphatic rings. The predicted octanol–water partition coefficient (Wildman–Crippen LogP) is 6.28. The molecule has 16 heteroatoms. The Morgan fingerprint density at radius 1 is 0.865 bits per heavy atom. The van der Waals surface area contributed by atoms with E-state index in [1.807, 2.05) is 20.8 Å². The van der Waals surface area contributed by atoms with Crippen molar-refractivity contribution in [2.24, 2.45) is 0 Å². The largest absolute Gasteiger partial charge is 0.493 e. The Bertz CT molecular complexity index is 2260. The van der Waals surface area contributed by atoms with Crippen LogP contribution in [-0.2, 0) is 20.0 Å². The summed E-state index contributed by atoms with van der Waals surface area (Å²) in [6.07, 6.45) is 0.758. The molecule has 3 aromatic carbocycles. The van der Waals surface area contributed by atoms with Crippen LogP contribution in [0.15, 0.2) is 107 Å². The van der Waals surface area contributed by atoms with Gasteiger partial charge in [-0.1, -0.05) is 69.3 Å². The highest BCUT2D eigenvalue weighted by atomic mass is 32.2. The molecule has 0 radical (unpaired) electrons. The Balaban J connectivity index is 1.44. The van der Waals surface area contributed by atoms with Crippen LogP contribution in [0.3, 0.4) is 0 Å². The number of nitrogens with one attached hydrogen (secondary N) is 2. The molecule has 0 aliphatic heterocycles. The summed E-state index contributed by atoms with van der Waals surface area (Å²) in [6.45, 7) is 5.62. The summed E-state index contributed by atoms with van der Waals surface area (Å²) in [5.41, 5.74) is 1.74. The van der Waals surface area contributed by atoms with E-state index in [0.29, 0.717) is 28.5 Å². The third-order valence-corrected chi connectivity index (χ3v) is 9.24. The van der Waals surface area contributed by atoms with E-state index in [2.05, 4.69) is 40.9 Å². The van der Waals surface area contributed by atoms with Crippen LogP contribution in [0.1, 0.15) is 26.3 Å². The van der Waals surface area contributed by atoms with Gasteiger partial charge in [0.1, 0.15) is 19.0 Å². The first-order chi connectivity index (χ1) is 25.0. The standard InChI is InChI=1S/C36H34N8O7S/c1-36(2,3)25-15-17-26(18-16-25)52(46,47)34-30(51-28-13-6-5-12-27(28)48-4)33(49-20-21-50-35(45)38-29-14-7-8-19-37-29)39-31(40-34)23-10-9-11-24(22-23)32-41-43-44-42-32/h5-19,22H,20-21H2,1-4H3,(H,37,38,45)(H,41,42,43,44). The molecule has 1 amide bonds. The Labute approximate surface area is 299 Å². The van der Waals surface area contributed by atoms with Crippen molar-refractivity contribution in [3.8, 4) is 45.9 Å². The number of rotatable bonds is 12. The average Bonchev–Trinajstić information content (AvgIpc) is 3.70. The molecule has 0 saturated carbocycles. The number of ether oxygens (including phenoxy) is 4. The number of anilines is 1. The van der Waals surface area contributed by atoms with Gasteiger partial charge in [0.2, 0.25) is 20.6 Å². The van der Waals surface area contributed by atoms with Crippen LogP contribution in [0.5, 0.6) is 23.1 Å². The van der Waals surface area contributed by atoms with E-state index >= 15 is 0 Å². The van der Waals surface area contributed by atoms with Gasteiger partial charge < -0.3 is 18.9 Å². The number of benzene rings is 3. The number of para-hydroxylation sites is 2. The normalized spacial score (nSPS) is 11.5. The number of methoxy groups -OCH3 is 1. The molecule has 15 nitrogen and oxygen atoms in total. The molecule has 0 bridgehead atoms.